The first-order valence-corrected chi connectivity index (χ1v) is 7.98. The average Bonchev–Trinajstić information content (AvgIpc) is 2.47. The minimum Gasteiger partial charge on any atom is -0.395 e. The Balaban J connectivity index is 2.26. The molecule has 2 rings (SSSR count). The second kappa shape index (κ2) is 6.07. The van der Waals surface area contributed by atoms with Crippen LogP contribution in [0.4, 0.5) is 10.1 Å². The topological polar surface area (TPSA) is 60.9 Å². The quantitative estimate of drug-likeness (QED) is 0.913. The third-order valence-corrected chi connectivity index (χ3v) is 5.59. The van der Waals surface area contributed by atoms with Crippen molar-refractivity contribution in [1.29, 1.82) is 0 Å². The van der Waals surface area contributed by atoms with Crippen LogP contribution in [0, 0.1) is 5.82 Å². The normalized spacial score (nSPS) is 20.9. The molecule has 1 unspecified atom stereocenters. The van der Waals surface area contributed by atoms with E-state index in [1.54, 1.807) is 0 Å². The summed E-state index contributed by atoms with van der Waals surface area (Å²) in [5.41, 5.74) is 0.397. The Hall–Kier alpha value is -1.18. The highest BCUT2D eigenvalue weighted by Gasteiger charge is 2.34. The highest BCUT2D eigenvalue weighted by Crippen LogP contribution is 2.25. The molecular formula is C13H19FN2O3S. The maximum atomic E-state index is 12.9. The van der Waals surface area contributed by atoms with Gasteiger partial charge in [0.2, 0.25) is 0 Å². The van der Waals surface area contributed by atoms with E-state index >= 15 is 0 Å². The number of rotatable bonds is 4. The van der Waals surface area contributed by atoms with Gasteiger partial charge in [-0.2, -0.15) is 12.7 Å². The largest absolute Gasteiger partial charge is 0.395 e. The lowest BCUT2D eigenvalue weighted by Gasteiger charge is -2.36. The van der Waals surface area contributed by atoms with Gasteiger partial charge in [0, 0.05) is 19.6 Å². The van der Waals surface area contributed by atoms with E-state index < -0.39 is 16.0 Å². The minimum atomic E-state index is -3.70. The molecule has 1 heterocycles. The molecule has 20 heavy (non-hydrogen) atoms. The molecule has 0 aliphatic carbocycles. The Morgan fingerprint density at radius 2 is 2.00 bits per heavy atom. The van der Waals surface area contributed by atoms with E-state index in [0.29, 0.717) is 18.7 Å². The fourth-order valence-corrected chi connectivity index (χ4v) is 4.01. The molecule has 1 atom stereocenters. The molecule has 7 heteroatoms. The summed E-state index contributed by atoms with van der Waals surface area (Å²) in [7, 11) is -2.27. The lowest BCUT2D eigenvalue weighted by Crippen LogP contribution is -2.51. The van der Waals surface area contributed by atoms with Crippen LogP contribution in [0.3, 0.4) is 0 Å². The van der Waals surface area contributed by atoms with Gasteiger partial charge in [0.1, 0.15) is 5.82 Å². The molecule has 0 amide bonds. The highest BCUT2D eigenvalue weighted by molar-refractivity contribution is 7.90. The fraction of sp³-hybridized carbons (Fsp3) is 0.538. The maximum Gasteiger partial charge on any atom is 0.304 e. The van der Waals surface area contributed by atoms with Crippen molar-refractivity contribution >= 4 is 15.9 Å². The van der Waals surface area contributed by atoms with Gasteiger partial charge in [0.05, 0.1) is 12.3 Å². The molecule has 0 radical (unpaired) electrons. The summed E-state index contributed by atoms with van der Waals surface area (Å²) < 4.78 is 40.5. The molecule has 0 bridgehead atoms. The van der Waals surface area contributed by atoms with Crippen LogP contribution < -0.4 is 4.31 Å². The third kappa shape index (κ3) is 2.94. The van der Waals surface area contributed by atoms with Crippen LogP contribution >= 0.6 is 0 Å². The van der Waals surface area contributed by atoms with Crippen molar-refractivity contribution in [3.63, 3.8) is 0 Å². The first kappa shape index (κ1) is 15.2. The van der Waals surface area contributed by atoms with E-state index in [2.05, 4.69) is 0 Å². The summed E-state index contributed by atoms with van der Waals surface area (Å²) in [6, 6.07) is 4.91. The first-order valence-electron chi connectivity index (χ1n) is 6.59. The number of hydrogen-bond acceptors (Lipinski definition) is 3. The fourth-order valence-electron chi connectivity index (χ4n) is 2.40. The minimum absolute atomic E-state index is 0.184. The molecule has 1 aromatic rings. The second-order valence-corrected chi connectivity index (χ2v) is 6.81. The van der Waals surface area contributed by atoms with Gasteiger partial charge in [-0.25, -0.2) is 4.39 Å². The summed E-state index contributed by atoms with van der Waals surface area (Å²) >= 11 is 0. The Morgan fingerprint density at radius 1 is 1.35 bits per heavy atom. The van der Waals surface area contributed by atoms with E-state index in [0.717, 1.165) is 17.1 Å². The van der Waals surface area contributed by atoms with E-state index in [9.17, 15) is 17.9 Å². The van der Waals surface area contributed by atoms with Crippen LogP contribution in [-0.4, -0.2) is 44.1 Å². The number of benzene rings is 1. The van der Waals surface area contributed by atoms with Crippen molar-refractivity contribution in [2.45, 2.75) is 25.3 Å². The molecule has 1 N–H and O–H groups in total. The van der Waals surface area contributed by atoms with Gasteiger partial charge in [-0.05, 0) is 37.1 Å². The van der Waals surface area contributed by atoms with Crippen LogP contribution in [0.1, 0.15) is 19.3 Å². The van der Waals surface area contributed by atoms with Gasteiger partial charge in [0.15, 0.2) is 0 Å². The molecule has 5 nitrogen and oxygen atoms in total. The monoisotopic (exact) mass is 302 g/mol. The smallest absolute Gasteiger partial charge is 0.304 e. The summed E-state index contributed by atoms with van der Waals surface area (Å²) in [5, 5.41) is 9.34. The first-order chi connectivity index (χ1) is 9.46. The molecule has 1 aliphatic rings. The van der Waals surface area contributed by atoms with E-state index in [-0.39, 0.29) is 12.6 Å². The molecule has 1 aromatic carbocycles. The van der Waals surface area contributed by atoms with Crippen molar-refractivity contribution < 1.29 is 17.9 Å². The van der Waals surface area contributed by atoms with E-state index in [1.807, 2.05) is 0 Å². The summed E-state index contributed by atoms with van der Waals surface area (Å²) in [4.78, 5) is 0. The number of hydrogen-bond donors (Lipinski definition) is 1. The molecule has 0 spiro atoms. The molecule has 1 saturated heterocycles. The van der Waals surface area contributed by atoms with Crippen molar-refractivity contribution in [2.24, 2.45) is 0 Å². The molecular weight excluding hydrogens is 283 g/mol. The van der Waals surface area contributed by atoms with Gasteiger partial charge in [-0.1, -0.05) is 6.42 Å². The van der Waals surface area contributed by atoms with E-state index in [1.165, 1.54) is 35.6 Å². The SMILES string of the molecule is CN(c1ccc(F)cc1)S(=O)(=O)N1CCCCC1CO. The zero-order chi connectivity index (χ0) is 14.8. The van der Waals surface area contributed by atoms with Crippen molar-refractivity contribution in [1.82, 2.24) is 4.31 Å². The summed E-state index contributed by atoms with van der Waals surface area (Å²) in [6.07, 6.45) is 2.36. The van der Waals surface area contributed by atoms with Crippen LogP contribution in [0.2, 0.25) is 0 Å². The number of piperidine rings is 1. The molecule has 0 saturated carbocycles. The third-order valence-electron chi connectivity index (χ3n) is 3.62. The van der Waals surface area contributed by atoms with Gasteiger partial charge in [0.25, 0.3) is 0 Å². The summed E-state index contributed by atoms with van der Waals surface area (Å²) in [5.74, 6) is -0.411. The number of halogens is 1. The molecule has 0 aromatic heterocycles. The molecule has 1 aliphatic heterocycles. The number of aliphatic hydroxyl groups excluding tert-OH is 1. The van der Waals surface area contributed by atoms with Crippen LogP contribution in [0.25, 0.3) is 0 Å². The zero-order valence-electron chi connectivity index (χ0n) is 11.4. The Labute approximate surface area is 118 Å². The highest BCUT2D eigenvalue weighted by atomic mass is 32.2. The number of anilines is 1. The Bertz CT molecular complexity index is 547. The zero-order valence-corrected chi connectivity index (χ0v) is 12.2. The van der Waals surface area contributed by atoms with Crippen LogP contribution in [-0.2, 0) is 10.2 Å². The van der Waals surface area contributed by atoms with Gasteiger partial charge < -0.3 is 5.11 Å². The summed E-state index contributed by atoms with van der Waals surface area (Å²) in [6.45, 7) is 0.218. The second-order valence-electron chi connectivity index (χ2n) is 4.89. The molecule has 1 fully saturated rings. The average molecular weight is 302 g/mol. The van der Waals surface area contributed by atoms with Crippen molar-refractivity contribution in [3.8, 4) is 0 Å². The lowest BCUT2D eigenvalue weighted by molar-refractivity contribution is 0.155. The Morgan fingerprint density at radius 3 is 2.60 bits per heavy atom. The Kier molecular flexibility index (Phi) is 4.62. The predicted octanol–water partition coefficient (Wildman–Crippen LogP) is 1.35. The van der Waals surface area contributed by atoms with Crippen LogP contribution in [0.15, 0.2) is 24.3 Å². The van der Waals surface area contributed by atoms with Gasteiger partial charge in [-0.15, -0.1) is 0 Å². The van der Waals surface area contributed by atoms with Crippen LogP contribution in [0.5, 0.6) is 0 Å². The van der Waals surface area contributed by atoms with Crippen molar-refractivity contribution in [3.05, 3.63) is 30.1 Å². The van der Waals surface area contributed by atoms with Crippen molar-refractivity contribution in [2.75, 3.05) is 24.5 Å². The number of nitrogens with zero attached hydrogens (tertiary/aromatic N) is 2. The van der Waals surface area contributed by atoms with E-state index in [4.69, 9.17) is 0 Å². The maximum absolute atomic E-state index is 12.9. The van der Waals surface area contributed by atoms with Gasteiger partial charge >= 0.3 is 10.2 Å². The lowest BCUT2D eigenvalue weighted by atomic mass is 10.1. The standard InChI is InChI=1S/C13H19FN2O3S/c1-15(12-7-5-11(14)6-8-12)20(18,19)16-9-3-2-4-13(16)10-17/h5-8,13,17H,2-4,9-10H2,1H3. The predicted molar refractivity (Wildman–Crippen MR) is 75.2 cm³/mol. The molecule has 112 valence electrons. The van der Waals surface area contributed by atoms with Gasteiger partial charge in [-0.3, -0.25) is 4.31 Å². The number of aliphatic hydroxyl groups is 1.